The van der Waals surface area contributed by atoms with Crippen molar-refractivity contribution in [1.82, 2.24) is 0 Å². The van der Waals surface area contributed by atoms with E-state index in [0.717, 1.165) is 17.7 Å². The Labute approximate surface area is 172 Å². The number of nitrogens with one attached hydrogen (secondary N) is 1. The number of benzene rings is 2. The Morgan fingerprint density at radius 2 is 2.00 bits per heavy atom. The molecule has 5 nitrogen and oxygen atoms in total. The summed E-state index contributed by atoms with van der Waals surface area (Å²) in [5, 5.41) is 12.3. The molecule has 0 saturated heterocycles. The first-order valence-corrected chi connectivity index (χ1v) is 9.71. The molecule has 1 atom stereocenters. The molecule has 2 aromatic rings. The van der Waals surface area contributed by atoms with E-state index in [1.54, 1.807) is 25.3 Å². The number of anilines is 2. The van der Waals surface area contributed by atoms with Gasteiger partial charge in [-0.05, 0) is 56.0 Å². The molecule has 0 fully saturated rings. The van der Waals surface area contributed by atoms with Crippen molar-refractivity contribution in [2.75, 3.05) is 24.4 Å². The highest BCUT2D eigenvalue weighted by atomic mass is 16.5. The lowest BCUT2D eigenvalue weighted by atomic mass is 9.80. The molecule has 1 amide bonds. The van der Waals surface area contributed by atoms with E-state index in [4.69, 9.17) is 4.74 Å². The minimum Gasteiger partial charge on any atom is -0.496 e. The smallest absolute Gasteiger partial charge is 0.266 e. The lowest BCUT2D eigenvalue weighted by molar-refractivity contribution is -0.112. The summed E-state index contributed by atoms with van der Waals surface area (Å²) in [4.78, 5) is 14.9. The Morgan fingerprint density at radius 3 is 2.62 bits per heavy atom. The number of nitriles is 1. The average Bonchev–Trinajstić information content (AvgIpc) is 2.70. The minimum absolute atomic E-state index is 0.0317. The maximum Gasteiger partial charge on any atom is 0.266 e. The summed E-state index contributed by atoms with van der Waals surface area (Å²) in [6.45, 7) is 6.67. The van der Waals surface area contributed by atoms with Gasteiger partial charge in [-0.1, -0.05) is 25.1 Å². The molecule has 5 heteroatoms. The lowest BCUT2D eigenvalue weighted by Gasteiger charge is -2.45. The normalized spacial score (nSPS) is 17.9. The summed E-state index contributed by atoms with van der Waals surface area (Å²) in [5.74, 6) is 0.559. The van der Waals surface area contributed by atoms with Gasteiger partial charge in [0.2, 0.25) is 0 Å². The molecule has 1 unspecified atom stereocenters. The van der Waals surface area contributed by atoms with E-state index in [2.05, 4.69) is 38.0 Å². The Hall–Kier alpha value is -3.26. The molecule has 1 aliphatic heterocycles. The van der Waals surface area contributed by atoms with Crippen molar-refractivity contribution in [2.24, 2.45) is 0 Å². The first-order chi connectivity index (χ1) is 13.8. The second-order valence-corrected chi connectivity index (χ2v) is 8.12. The van der Waals surface area contributed by atoms with E-state index in [0.29, 0.717) is 17.4 Å². The van der Waals surface area contributed by atoms with E-state index >= 15 is 0 Å². The number of methoxy groups -OCH3 is 1. The third-order valence-corrected chi connectivity index (χ3v) is 5.68. The molecule has 1 aliphatic rings. The zero-order valence-corrected chi connectivity index (χ0v) is 17.6. The Morgan fingerprint density at radius 1 is 1.31 bits per heavy atom. The summed E-state index contributed by atoms with van der Waals surface area (Å²) in [5.41, 5.74) is 3.76. The van der Waals surface area contributed by atoms with Crippen LogP contribution in [0.15, 0.2) is 48.0 Å². The van der Waals surface area contributed by atoms with Gasteiger partial charge in [0.1, 0.15) is 17.4 Å². The van der Waals surface area contributed by atoms with Crippen LogP contribution in [-0.4, -0.2) is 25.6 Å². The van der Waals surface area contributed by atoms with Gasteiger partial charge in [-0.3, -0.25) is 4.79 Å². The monoisotopic (exact) mass is 389 g/mol. The molecular weight excluding hydrogens is 362 g/mol. The number of fused-ring (bicyclic) bond motifs is 1. The topological polar surface area (TPSA) is 65.4 Å². The van der Waals surface area contributed by atoms with Crippen LogP contribution in [0.4, 0.5) is 11.4 Å². The van der Waals surface area contributed by atoms with Crippen LogP contribution in [0, 0.1) is 11.3 Å². The molecule has 1 N–H and O–H groups in total. The highest BCUT2D eigenvalue weighted by Crippen LogP contribution is 2.45. The number of ether oxygens (including phenoxy) is 1. The van der Waals surface area contributed by atoms with E-state index < -0.39 is 5.91 Å². The number of para-hydroxylation sites is 1. The largest absolute Gasteiger partial charge is 0.496 e. The van der Waals surface area contributed by atoms with Gasteiger partial charge in [0.05, 0.1) is 7.11 Å². The minimum atomic E-state index is -0.440. The Kier molecular flexibility index (Phi) is 5.65. The van der Waals surface area contributed by atoms with Gasteiger partial charge >= 0.3 is 0 Å². The van der Waals surface area contributed by atoms with Crippen LogP contribution in [0.25, 0.3) is 6.08 Å². The molecule has 0 saturated carbocycles. The van der Waals surface area contributed by atoms with Gasteiger partial charge in [0.25, 0.3) is 5.91 Å². The number of rotatable bonds is 4. The molecule has 29 heavy (non-hydrogen) atoms. The van der Waals surface area contributed by atoms with Crippen LogP contribution < -0.4 is 15.0 Å². The van der Waals surface area contributed by atoms with Crippen LogP contribution in [0.2, 0.25) is 0 Å². The summed E-state index contributed by atoms with van der Waals surface area (Å²) >= 11 is 0. The third-order valence-electron chi connectivity index (χ3n) is 5.68. The van der Waals surface area contributed by atoms with Crippen LogP contribution in [0.3, 0.4) is 0 Å². The quantitative estimate of drug-likeness (QED) is 0.593. The van der Waals surface area contributed by atoms with Crippen molar-refractivity contribution in [3.63, 3.8) is 0 Å². The van der Waals surface area contributed by atoms with Gasteiger partial charge in [-0.15, -0.1) is 0 Å². The van der Waals surface area contributed by atoms with E-state index in [9.17, 15) is 10.1 Å². The van der Waals surface area contributed by atoms with Gasteiger partial charge in [-0.2, -0.15) is 5.26 Å². The summed E-state index contributed by atoms with van der Waals surface area (Å²) in [6, 6.07) is 15.2. The molecule has 0 aromatic heterocycles. The number of nitrogens with zero attached hydrogens (tertiary/aromatic N) is 2. The lowest BCUT2D eigenvalue weighted by Crippen LogP contribution is -2.45. The number of hydrogen-bond acceptors (Lipinski definition) is 4. The van der Waals surface area contributed by atoms with Crippen LogP contribution in [-0.2, 0) is 4.79 Å². The van der Waals surface area contributed by atoms with Crippen molar-refractivity contribution >= 4 is 23.4 Å². The van der Waals surface area contributed by atoms with Crippen LogP contribution >= 0.6 is 0 Å². The van der Waals surface area contributed by atoms with E-state index in [-0.39, 0.29) is 11.1 Å². The van der Waals surface area contributed by atoms with Gasteiger partial charge in [0.15, 0.2) is 0 Å². The van der Waals surface area contributed by atoms with Crippen LogP contribution in [0.1, 0.15) is 44.2 Å². The van der Waals surface area contributed by atoms with E-state index in [1.807, 2.05) is 36.4 Å². The number of amides is 1. The summed E-state index contributed by atoms with van der Waals surface area (Å²) in [6.07, 6.45) is 2.62. The number of carbonyl (C=O) groups is 1. The summed E-state index contributed by atoms with van der Waals surface area (Å²) < 4.78 is 5.59. The number of carbonyl (C=O) groups excluding carboxylic acids is 1. The SMILES string of the molecule is COc1cc2c(cc1/C=C(\C#N)C(=O)Nc1ccccc1)C(C)CC(C)(C)N2C. The maximum atomic E-state index is 12.6. The standard InChI is InChI=1S/C24H27N3O2/c1-16-14-24(2,3)27(4)21-13-22(29-5)17(12-20(16)21)11-18(15-25)23(28)26-19-9-7-6-8-10-19/h6-13,16H,14H2,1-5H3,(H,26,28)/b18-11+. The molecule has 0 spiro atoms. The van der Waals surface area contributed by atoms with Crippen molar-refractivity contribution in [2.45, 2.75) is 38.6 Å². The third kappa shape index (κ3) is 4.12. The predicted molar refractivity (Wildman–Crippen MR) is 117 cm³/mol. The zero-order chi connectivity index (χ0) is 21.2. The molecule has 2 aromatic carbocycles. The Balaban J connectivity index is 2.00. The zero-order valence-electron chi connectivity index (χ0n) is 17.6. The molecule has 0 radical (unpaired) electrons. The maximum absolute atomic E-state index is 12.6. The van der Waals surface area contributed by atoms with Gasteiger partial charge in [0, 0.05) is 35.6 Å². The molecule has 150 valence electrons. The second-order valence-electron chi connectivity index (χ2n) is 8.12. The fourth-order valence-electron chi connectivity index (χ4n) is 3.92. The van der Waals surface area contributed by atoms with Gasteiger partial charge in [-0.25, -0.2) is 0 Å². The van der Waals surface area contributed by atoms with E-state index in [1.165, 1.54) is 5.56 Å². The fraction of sp³-hybridized carbons (Fsp3) is 0.333. The molecule has 1 heterocycles. The Bertz CT molecular complexity index is 987. The second kappa shape index (κ2) is 8.00. The van der Waals surface area contributed by atoms with Crippen LogP contribution in [0.5, 0.6) is 5.75 Å². The average molecular weight is 389 g/mol. The molecular formula is C24H27N3O2. The number of hydrogen-bond donors (Lipinski definition) is 1. The fourth-order valence-corrected chi connectivity index (χ4v) is 3.92. The summed E-state index contributed by atoms with van der Waals surface area (Å²) in [7, 11) is 3.69. The van der Waals surface area contributed by atoms with Crippen molar-refractivity contribution in [1.29, 1.82) is 5.26 Å². The first-order valence-electron chi connectivity index (χ1n) is 9.71. The van der Waals surface area contributed by atoms with Gasteiger partial charge < -0.3 is 15.0 Å². The van der Waals surface area contributed by atoms with Crippen molar-refractivity contribution in [3.05, 3.63) is 59.2 Å². The van der Waals surface area contributed by atoms with Crippen molar-refractivity contribution < 1.29 is 9.53 Å². The molecule has 3 rings (SSSR count). The highest BCUT2D eigenvalue weighted by Gasteiger charge is 2.34. The first kappa shape index (κ1) is 20.5. The highest BCUT2D eigenvalue weighted by molar-refractivity contribution is 6.09. The molecule has 0 bridgehead atoms. The predicted octanol–water partition coefficient (Wildman–Crippen LogP) is 4.96. The van der Waals surface area contributed by atoms with Crippen molar-refractivity contribution in [3.8, 4) is 11.8 Å². The molecule has 0 aliphatic carbocycles.